The molecule has 0 rings (SSSR count). The van der Waals surface area contributed by atoms with E-state index in [1.807, 2.05) is 0 Å². The van der Waals surface area contributed by atoms with Crippen LogP contribution < -0.4 is 0 Å². The van der Waals surface area contributed by atoms with Crippen molar-refractivity contribution in [3.63, 3.8) is 0 Å². The van der Waals surface area contributed by atoms with Gasteiger partial charge in [0.1, 0.15) is 0 Å². The number of ether oxygens (including phenoxy) is 1. The first kappa shape index (κ1) is 14.9. The summed E-state index contributed by atoms with van der Waals surface area (Å²) in [5.74, 6) is 0. The van der Waals surface area contributed by atoms with E-state index < -0.39 is 0 Å². The van der Waals surface area contributed by atoms with Crippen molar-refractivity contribution in [2.45, 2.75) is 77.9 Å². The van der Waals surface area contributed by atoms with Gasteiger partial charge in [0, 0.05) is 6.61 Å². The Morgan fingerprint density at radius 2 is 1.73 bits per heavy atom. The van der Waals surface area contributed by atoms with Crippen LogP contribution in [0.4, 0.5) is 0 Å². The third kappa shape index (κ3) is 7.80. The molecule has 0 aromatic heterocycles. The van der Waals surface area contributed by atoms with Crippen LogP contribution in [-0.4, -0.2) is 23.9 Å². The van der Waals surface area contributed by atoms with Crippen molar-refractivity contribution in [1.82, 2.24) is 0 Å². The monoisotopic (exact) mass is 216 g/mol. The highest BCUT2D eigenvalue weighted by molar-refractivity contribution is 4.66. The Balaban J connectivity index is 3.51. The van der Waals surface area contributed by atoms with E-state index in [1.165, 1.54) is 19.3 Å². The summed E-state index contributed by atoms with van der Waals surface area (Å²) < 4.78 is 5.70. The molecule has 2 unspecified atom stereocenters. The average Bonchev–Trinajstić information content (AvgIpc) is 2.23. The minimum Gasteiger partial charge on any atom is -0.390 e. The lowest BCUT2D eigenvalue weighted by atomic mass is 10.1. The largest absolute Gasteiger partial charge is 0.390 e. The van der Waals surface area contributed by atoms with Gasteiger partial charge in [0.25, 0.3) is 0 Å². The molecule has 15 heavy (non-hydrogen) atoms. The molecule has 0 heterocycles. The Bertz CT molecular complexity index is 126. The van der Waals surface area contributed by atoms with Crippen molar-refractivity contribution in [3.8, 4) is 0 Å². The summed E-state index contributed by atoms with van der Waals surface area (Å²) in [6.07, 6.45) is 7.49. The summed E-state index contributed by atoms with van der Waals surface area (Å²) in [7, 11) is 0. The average molecular weight is 216 g/mol. The van der Waals surface area contributed by atoms with Crippen LogP contribution in [0.5, 0.6) is 0 Å². The van der Waals surface area contributed by atoms with Crippen molar-refractivity contribution in [2.75, 3.05) is 6.61 Å². The van der Waals surface area contributed by atoms with Crippen molar-refractivity contribution in [2.24, 2.45) is 0 Å². The molecule has 0 saturated heterocycles. The molecule has 0 aliphatic rings. The fourth-order valence-electron chi connectivity index (χ4n) is 1.75. The zero-order valence-electron chi connectivity index (χ0n) is 10.7. The molecule has 0 aromatic rings. The van der Waals surface area contributed by atoms with Gasteiger partial charge in [0.05, 0.1) is 12.2 Å². The molecule has 0 spiro atoms. The van der Waals surface area contributed by atoms with Gasteiger partial charge in [-0.05, 0) is 19.3 Å². The lowest BCUT2D eigenvalue weighted by Crippen LogP contribution is -2.28. The number of hydrogen-bond donors (Lipinski definition) is 1. The zero-order valence-corrected chi connectivity index (χ0v) is 10.7. The Labute approximate surface area is 95.0 Å². The molecular weight excluding hydrogens is 188 g/mol. The molecule has 0 bridgehead atoms. The summed E-state index contributed by atoms with van der Waals surface area (Å²) in [4.78, 5) is 0. The number of aliphatic hydroxyl groups excluding tert-OH is 1. The normalized spacial score (nSPS) is 15.2. The second-order valence-electron chi connectivity index (χ2n) is 4.23. The third-order valence-corrected chi connectivity index (χ3v) is 2.75. The van der Waals surface area contributed by atoms with Crippen molar-refractivity contribution in [1.29, 1.82) is 0 Å². The molecule has 0 saturated carbocycles. The number of unbranched alkanes of at least 4 members (excludes halogenated alkanes) is 3. The summed E-state index contributed by atoms with van der Waals surface area (Å²) >= 11 is 0. The van der Waals surface area contributed by atoms with Crippen LogP contribution in [0.1, 0.15) is 65.7 Å². The van der Waals surface area contributed by atoms with Gasteiger partial charge < -0.3 is 9.84 Å². The highest BCUT2D eigenvalue weighted by Gasteiger charge is 2.16. The molecule has 2 nitrogen and oxygen atoms in total. The highest BCUT2D eigenvalue weighted by Crippen LogP contribution is 2.11. The van der Waals surface area contributed by atoms with Crippen LogP contribution in [0.25, 0.3) is 0 Å². The van der Waals surface area contributed by atoms with Crippen LogP contribution in [0, 0.1) is 0 Å². The van der Waals surface area contributed by atoms with E-state index in [9.17, 15) is 5.11 Å². The molecular formula is C13H28O2. The summed E-state index contributed by atoms with van der Waals surface area (Å²) in [6, 6.07) is 0. The standard InChI is InChI=1S/C13H28O2/c1-4-7-8-9-11-15-13(6-3)12(14)10-5-2/h12-14H,4-11H2,1-3H3. The highest BCUT2D eigenvalue weighted by atomic mass is 16.5. The molecule has 92 valence electrons. The van der Waals surface area contributed by atoms with Gasteiger partial charge in [-0.3, -0.25) is 0 Å². The molecule has 2 heteroatoms. The molecule has 2 atom stereocenters. The van der Waals surface area contributed by atoms with Gasteiger partial charge in [-0.1, -0.05) is 46.5 Å². The van der Waals surface area contributed by atoms with Crippen LogP contribution in [-0.2, 0) is 4.74 Å². The Morgan fingerprint density at radius 1 is 1.00 bits per heavy atom. The predicted molar refractivity (Wildman–Crippen MR) is 65.1 cm³/mol. The van der Waals surface area contributed by atoms with Gasteiger partial charge in [-0.15, -0.1) is 0 Å². The molecule has 0 amide bonds. The Kier molecular flexibility index (Phi) is 10.4. The minimum atomic E-state index is -0.272. The van der Waals surface area contributed by atoms with E-state index in [2.05, 4.69) is 20.8 Å². The zero-order chi connectivity index (χ0) is 11.5. The smallest absolute Gasteiger partial charge is 0.0831 e. The van der Waals surface area contributed by atoms with E-state index in [1.54, 1.807) is 0 Å². The Hall–Kier alpha value is -0.0800. The lowest BCUT2D eigenvalue weighted by Gasteiger charge is -2.21. The number of hydrogen-bond acceptors (Lipinski definition) is 2. The Morgan fingerprint density at radius 3 is 2.27 bits per heavy atom. The molecule has 0 fully saturated rings. The van der Waals surface area contributed by atoms with E-state index in [0.29, 0.717) is 0 Å². The van der Waals surface area contributed by atoms with Crippen LogP contribution >= 0.6 is 0 Å². The van der Waals surface area contributed by atoms with Crippen molar-refractivity contribution < 1.29 is 9.84 Å². The third-order valence-electron chi connectivity index (χ3n) is 2.75. The second-order valence-corrected chi connectivity index (χ2v) is 4.23. The maximum Gasteiger partial charge on any atom is 0.0831 e. The maximum absolute atomic E-state index is 9.79. The van der Waals surface area contributed by atoms with E-state index in [0.717, 1.165) is 32.3 Å². The first-order valence-electron chi connectivity index (χ1n) is 6.55. The quantitative estimate of drug-likeness (QED) is 0.566. The molecule has 0 aliphatic heterocycles. The first-order valence-corrected chi connectivity index (χ1v) is 6.55. The van der Waals surface area contributed by atoms with Crippen LogP contribution in [0.3, 0.4) is 0 Å². The van der Waals surface area contributed by atoms with E-state index >= 15 is 0 Å². The summed E-state index contributed by atoms with van der Waals surface area (Å²) in [5.41, 5.74) is 0. The van der Waals surface area contributed by atoms with Crippen molar-refractivity contribution in [3.05, 3.63) is 0 Å². The van der Waals surface area contributed by atoms with Gasteiger partial charge in [0.15, 0.2) is 0 Å². The maximum atomic E-state index is 9.79. The lowest BCUT2D eigenvalue weighted by molar-refractivity contribution is -0.0432. The van der Waals surface area contributed by atoms with Crippen LogP contribution in [0.2, 0.25) is 0 Å². The number of rotatable bonds is 10. The molecule has 0 radical (unpaired) electrons. The molecule has 0 aliphatic carbocycles. The topological polar surface area (TPSA) is 29.5 Å². The first-order chi connectivity index (χ1) is 7.26. The predicted octanol–water partition coefficient (Wildman–Crippen LogP) is 3.52. The fourth-order valence-corrected chi connectivity index (χ4v) is 1.75. The molecule has 1 N–H and O–H groups in total. The van der Waals surface area contributed by atoms with E-state index in [4.69, 9.17) is 4.74 Å². The second kappa shape index (κ2) is 10.4. The summed E-state index contributed by atoms with van der Waals surface area (Å²) in [6.45, 7) is 7.19. The van der Waals surface area contributed by atoms with Crippen LogP contribution in [0.15, 0.2) is 0 Å². The van der Waals surface area contributed by atoms with Gasteiger partial charge in [-0.2, -0.15) is 0 Å². The number of aliphatic hydroxyl groups is 1. The van der Waals surface area contributed by atoms with Gasteiger partial charge >= 0.3 is 0 Å². The molecule has 0 aromatic carbocycles. The summed E-state index contributed by atoms with van der Waals surface area (Å²) in [5, 5.41) is 9.79. The fraction of sp³-hybridized carbons (Fsp3) is 1.00. The SMILES string of the molecule is CCCCCCOC(CC)C(O)CCC. The van der Waals surface area contributed by atoms with E-state index in [-0.39, 0.29) is 12.2 Å². The van der Waals surface area contributed by atoms with Gasteiger partial charge in [0.2, 0.25) is 0 Å². The van der Waals surface area contributed by atoms with Crippen molar-refractivity contribution >= 4 is 0 Å². The minimum absolute atomic E-state index is 0.0478. The van der Waals surface area contributed by atoms with Gasteiger partial charge in [-0.25, -0.2) is 0 Å².